The highest BCUT2D eigenvalue weighted by Crippen LogP contribution is 2.28. The molecule has 0 saturated carbocycles. The highest BCUT2D eigenvalue weighted by Gasteiger charge is 2.10. The van der Waals surface area contributed by atoms with Crippen LogP contribution in [0.5, 0.6) is 5.75 Å². The predicted octanol–water partition coefficient (Wildman–Crippen LogP) is 4.65. The van der Waals surface area contributed by atoms with Gasteiger partial charge in [0, 0.05) is 23.1 Å². The fourth-order valence-corrected chi connectivity index (χ4v) is 2.63. The number of rotatable bonds is 5. The number of nitro groups is 1. The van der Waals surface area contributed by atoms with E-state index in [-0.39, 0.29) is 11.5 Å². The summed E-state index contributed by atoms with van der Waals surface area (Å²) < 4.78 is 5.34. The number of ether oxygens (including phenoxy) is 1. The van der Waals surface area contributed by atoms with Crippen molar-refractivity contribution in [1.82, 2.24) is 0 Å². The molecule has 5 nitrogen and oxygen atoms in total. The zero-order valence-corrected chi connectivity index (χ0v) is 13.5. The second kappa shape index (κ2) is 6.97. The molecule has 25 heavy (non-hydrogen) atoms. The molecule has 0 amide bonds. The molecule has 0 aliphatic carbocycles. The Balaban J connectivity index is 1.91. The largest absolute Gasteiger partial charge is 0.496 e. The standard InChI is InChI=1S/C20H15NO4/c1-25-20-13-11-17(16-4-2-3-5-18(16)20)19(22)12-8-14-6-9-15(10-7-14)21(23)24/h2-13H,1H3. The minimum Gasteiger partial charge on any atom is -0.496 e. The van der Waals surface area contributed by atoms with Crippen LogP contribution < -0.4 is 4.74 Å². The third kappa shape index (κ3) is 3.40. The van der Waals surface area contributed by atoms with Crippen LogP contribution in [0.25, 0.3) is 16.8 Å². The molecule has 0 spiro atoms. The summed E-state index contributed by atoms with van der Waals surface area (Å²) in [6, 6.07) is 17.1. The van der Waals surface area contributed by atoms with Crippen molar-refractivity contribution in [1.29, 1.82) is 0 Å². The van der Waals surface area contributed by atoms with Crippen LogP contribution in [0.4, 0.5) is 5.69 Å². The van der Waals surface area contributed by atoms with E-state index in [1.807, 2.05) is 24.3 Å². The van der Waals surface area contributed by atoms with Crippen molar-refractivity contribution in [2.45, 2.75) is 0 Å². The average Bonchev–Trinajstić information content (AvgIpc) is 2.65. The van der Waals surface area contributed by atoms with E-state index in [1.165, 1.54) is 18.2 Å². The third-order valence-corrected chi connectivity index (χ3v) is 3.90. The van der Waals surface area contributed by atoms with Crippen LogP contribution in [0.2, 0.25) is 0 Å². The van der Waals surface area contributed by atoms with Gasteiger partial charge in [-0.25, -0.2) is 0 Å². The number of allylic oxidation sites excluding steroid dienone is 1. The maximum atomic E-state index is 12.6. The van der Waals surface area contributed by atoms with Crippen molar-refractivity contribution >= 4 is 28.3 Å². The molecule has 0 saturated heterocycles. The smallest absolute Gasteiger partial charge is 0.269 e. The van der Waals surface area contributed by atoms with Crippen LogP contribution in [0, 0.1) is 10.1 Å². The van der Waals surface area contributed by atoms with Gasteiger partial charge in [0.25, 0.3) is 5.69 Å². The summed E-state index contributed by atoms with van der Waals surface area (Å²) in [5, 5.41) is 12.4. The molecular weight excluding hydrogens is 318 g/mol. The Hall–Kier alpha value is -3.47. The van der Waals surface area contributed by atoms with E-state index in [1.54, 1.807) is 37.5 Å². The van der Waals surface area contributed by atoms with Gasteiger partial charge in [-0.3, -0.25) is 14.9 Å². The Morgan fingerprint density at radius 3 is 2.32 bits per heavy atom. The zero-order chi connectivity index (χ0) is 17.8. The molecule has 0 heterocycles. The molecule has 0 unspecified atom stereocenters. The number of non-ortho nitro benzene ring substituents is 1. The van der Waals surface area contributed by atoms with Crippen LogP contribution in [0.15, 0.2) is 66.7 Å². The molecular formula is C20H15NO4. The summed E-state index contributed by atoms with van der Waals surface area (Å²) in [5.74, 6) is 0.573. The summed E-state index contributed by atoms with van der Waals surface area (Å²) in [6.45, 7) is 0. The number of benzene rings is 3. The summed E-state index contributed by atoms with van der Waals surface area (Å²) in [6.07, 6.45) is 3.11. The molecule has 3 rings (SSSR count). The summed E-state index contributed by atoms with van der Waals surface area (Å²) >= 11 is 0. The lowest BCUT2D eigenvalue weighted by Gasteiger charge is -2.08. The molecule has 0 aromatic heterocycles. The molecule has 0 aliphatic heterocycles. The number of carbonyl (C=O) groups excluding carboxylic acids is 1. The van der Waals surface area contributed by atoms with Gasteiger partial charge in [0.2, 0.25) is 0 Å². The van der Waals surface area contributed by atoms with Gasteiger partial charge >= 0.3 is 0 Å². The molecule has 0 radical (unpaired) electrons. The third-order valence-electron chi connectivity index (χ3n) is 3.90. The van der Waals surface area contributed by atoms with Crippen LogP contribution in [-0.4, -0.2) is 17.8 Å². The summed E-state index contributed by atoms with van der Waals surface area (Å²) in [4.78, 5) is 22.8. The fraction of sp³-hybridized carbons (Fsp3) is 0.0500. The monoisotopic (exact) mass is 333 g/mol. The first-order chi connectivity index (χ1) is 12.1. The Morgan fingerprint density at radius 2 is 1.68 bits per heavy atom. The van der Waals surface area contributed by atoms with E-state index in [2.05, 4.69) is 0 Å². The Bertz CT molecular complexity index is 975. The van der Waals surface area contributed by atoms with Gasteiger partial charge in [-0.05, 0) is 41.3 Å². The molecule has 0 bridgehead atoms. The quantitative estimate of drug-likeness (QED) is 0.295. The second-order valence-corrected chi connectivity index (χ2v) is 5.41. The van der Waals surface area contributed by atoms with Gasteiger partial charge in [0.15, 0.2) is 5.78 Å². The Morgan fingerprint density at radius 1 is 1.00 bits per heavy atom. The van der Waals surface area contributed by atoms with Crippen LogP contribution in [-0.2, 0) is 0 Å². The molecule has 3 aromatic rings. The first kappa shape index (κ1) is 16.4. The topological polar surface area (TPSA) is 69.4 Å². The fourth-order valence-electron chi connectivity index (χ4n) is 2.63. The summed E-state index contributed by atoms with van der Waals surface area (Å²) in [5.41, 5.74) is 1.32. The lowest BCUT2D eigenvalue weighted by molar-refractivity contribution is -0.384. The lowest BCUT2D eigenvalue weighted by Crippen LogP contribution is -1.97. The van der Waals surface area contributed by atoms with E-state index in [0.29, 0.717) is 11.3 Å². The van der Waals surface area contributed by atoms with Gasteiger partial charge in [-0.2, -0.15) is 0 Å². The molecule has 5 heteroatoms. The maximum Gasteiger partial charge on any atom is 0.269 e. The number of ketones is 1. The number of carbonyl (C=O) groups is 1. The molecule has 124 valence electrons. The van der Waals surface area contributed by atoms with Crippen molar-refractivity contribution < 1.29 is 14.5 Å². The highest BCUT2D eigenvalue weighted by atomic mass is 16.6. The van der Waals surface area contributed by atoms with Crippen molar-refractivity contribution in [2.24, 2.45) is 0 Å². The lowest BCUT2D eigenvalue weighted by atomic mass is 10.00. The van der Waals surface area contributed by atoms with Crippen molar-refractivity contribution in [2.75, 3.05) is 7.11 Å². The number of hydrogen-bond acceptors (Lipinski definition) is 4. The zero-order valence-electron chi connectivity index (χ0n) is 13.5. The SMILES string of the molecule is COc1ccc(C(=O)C=Cc2ccc([N+](=O)[O-])cc2)c2ccccc12. The average molecular weight is 333 g/mol. The molecule has 0 fully saturated rings. The second-order valence-electron chi connectivity index (χ2n) is 5.41. The van der Waals surface area contributed by atoms with E-state index in [0.717, 1.165) is 16.3 Å². The molecule has 0 N–H and O–H groups in total. The van der Waals surface area contributed by atoms with Gasteiger partial charge in [-0.15, -0.1) is 0 Å². The van der Waals surface area contributed by atoms with Crippen LogP contribution in [0.3, 0.4) is 0 Å². The van der Waals surface area contributed by atoms with Crippen LogP contribution >= 0.6 is 0 Å². The van der Waals surface area contributed by atoms with Crippen molar-refractivity contribution in [3.05, 3.63) is 88.0 Å². The molecule has 3 aromatic carbocycles. The first-order valence-electron chi connectivity index (χ1n) is 7.63. The Labute approximate surface area is 144 Å². The van der Waals surface area contributed by atoms with E-state index in [9.17, 15) is 14.9 Å². The molecule has 0 aliphatic rings. The van der Waals surface area contributed by atoms with Gasteiger partial charge in [-0.1, -0.05) is 30.3 Å². The number of fused-ring (bicyclic) bond motifs is 1. The van der Waals surface area contributed by atoms with Crippen molar-refractivity contribution in [3.8, 4) is 5.75 Å². The maximum absolute atomic E-state index is 12.6. The van der Waals surface area contributed by atoms with Gasteiger partial charge in [0.1, 0.15) is 5.75 Å². The van der Waals surface area contributed by atoms with E-state index in [4.69, 9.17) is 4.74 Å². The number of methoxy groups -OCH3 is 1. The minimum absolute atomic E-state index is 0.0182. The van der Waals surface area contributed by atoms with E-state index >= 15 is 0 Å². The summed E-state index contributed by atoms with van der Waals surface area (Å²) in [7, 11) is 1.60. The van der Waals surface area contributed by atoms with E-state index < -0.39 is 4.92 Å². The minimum atomic E-state index is -0.456. The normalized spacial score (nSPS) is 10.9. The van der Waals surface area contributed by atoms with Gasteiger partial charge < -0.3 is 4.74 Å². The van der Waals surface area contributed by atoms with Crippen LogP contribution in [0.1, 0.15) is 15.9 Å². The highest BCUT2D eigenvalue weighted by molar-refractivity contribution is 6.15. The van der Waals surface area contributed by atoms with Gasteiger partial charge in [0.05, 0.1) is 12.0 Å². The number of nitrogens with zero attached hydrogens (tertiary/aromatic N) is 1. The molecule has 0 atom stereocenters. The van der Waals surface area contributed by atoms with Crippen molar-refractivity contribution in [3.63, 3.8) is 0 Å². The Kier molecular flexibility index (Phi) is 4.57. The number of nitro benzene ring substituents is 1. The first-order valence-corrected chi connectivity index (χ1v) is 7.63. The predicted molar refractivity (Wildman–Crippen MR) is 97.0 cm³/mol. The number of hydrogen-bond donors (Lipinski definition) is 0.